The molecule has 0 aromatic carbocycles. The summed E-state index contributed by atoms with van der Waals surface area (Å²) in [6, 6.07) is 0. The minimum absolute atomic E-state index is 0.0292. The molecule has 16 atom stereocenters. The van der Waals surface area contributed by atoms with Gasteiger partial charge in [0.05, 0.1) is 132 Å². The predicted octanol–water partition coefficient (Wildman–Crippen LogP) is -6.64. The van der Waals surface area contributed by atoms with Crippen molar-refractivity contribution in [3.05, 3.63) is 12.7 Å². The van der Waals surface area contributed by atoms with Crippen LogP contribution >= 0.6 is 0 Å². The van der Waals surface area contributed by atoms with E-state index in [9.17, 15) is 55.9 Å². The van der Waals surface area contributed by atoms with E-state index in [0.717, 1.165) is 0 Å². The van der Waals surface area contributed by atoms with Crippen molar-refractivity contribution in [2.24, 2.45) is 0 Å². The highest BCUT2D eigenvalue weighted by Crippen LogP contribution is 2.33. The van der Waals surface area contributed by atoms with Crippen molar-refractivity contribution in [1.82, 2.24) is 4.90 Å². The number of nitrogens with zero attached hydrogens (tertiary/aromatic N) is 1. The minimum atomic E-state index is -2.01. The third-order valence-corrected chi connectivity index (χ3v) is 11.6. The van der Waals surface area contributed by atoms with Crippen LogP contribution < -0.4 is 0 Å². The van der Waals surface area contributed by atoms with Gasteiger partial charge in [0.15, 0.2) is 18.9 Å². The lowest BCUT2D eigenvalue weighted by Crippen LogP contribution is -2.66. The summed E-state index contributed by atoms with van der Waals surface area (Å²) < 4.78 is 90.2. The van der Waals surface area contributed by atoms with Gasteiger partial charge in [-0.3, -0.25) is 4.79 Å². The number of amides is 1. The first-order valence-corrected chi connectivity index (χ1v) is 23.9. The van der Waals surface area contributed by atoms with Gasteiger partial charge in [-0.2, -0.15) is 0 Å². The number of carbonyl (C=O) groups is 1. The van der Waals surface area contributed by atoms with Gasteiger partial charge in [-0.15, -0.1) is 6.58 Å². The molecule has 28 heteroatoms. The third-order valence-electron chi connectivity index (χ3n) is 11.6. The lowest BCUT2D eigenvalue weighted by atomic mass is 9.96. The fourth-order valence-corrected chi connectivity index (χ4v) is 7.53. The van der Waals surface area contributed by atoms with Crippen LogP contribution in [0.3, 0.4) is 0 Å². The monoisotopic (exact) mass is 1050 g/mol. The minimum Gasteiger partial charge on any atom is -0.394 e. The van der Waals surface area contributed by atoms with Crippen LogP contribution in [0.15, 0.2) is 12.7 Å². The van der Waals surface area contributed by atoms with Gasteiger partial charge in [0.1, 0.15) is 85.5 Å². The van der Waals surface area contributed by atoms with Crippen molar-refractivity contribution in [2.75, 3.05) is 146 Å². The molecule has 0 bridgehead atoms. The molecule has 0 aliphatic carbocycles. The van der Waals surface area contributed by atoms with E-state index < -0.39 is 136 Å². The summed E-state index contributed by atoms with van der Waals surface area (Å²) >= 11 is 0. The first-order chi connectivity index (χ1) is 34.6. The van der Waals surface area contributed by atoms with Gasteiger partial charge in [-0.1, -0.05) is 6.08 Å². The van der Waals surface area contributed by atoms with Crippen molar-refractivity contribution in [1.29, 1.82) is 0 Å². The number of aliphatic hydroxyl groups excluding tert-OH is 10. The Morgan fingerprint density at radius 2 is 0.972 bits per heavy atom. The van der Waals surface area contributed by atoms with E-state index in [4.69, 9.17) is 75.8 Å². The second kappa shape index (κ2) is 33.4. The number of carbonyl (C=O) groups excluding carboxylic acids is 1. The number of ether oxygens (including phenoxy) is 16. The Bertz CT molecular complexity index is 1460. The fourth-order valence-electron chi connectivity index (χ4n) is 7.53. The molecule has 10 unspecified atom stereocenters. The molecule has 4 saturated heterocycles. The van der Waals surface area contributed by atoms with Crippen LogP contribution in [0.5, 0.6) is 0 Å². The summed E-state index contributed by atoms with van der Waals surface area (Å²) in [6.07, 6.45) is -26.1. The van der Waals surface area contributed by atoms with Crippen LogP contribution in [0.4, 0.5) is 0 Å². The Labute approximate surface area is 417 Å². The maximum Gasteiger partial charge on any atom is 0.282 e. The average Bonchev–Trinajstić information content (AvgIpc) is 3.37. The van der Waals surface area contributed by atoms with E-state index in [1.54, 1.807) is 20.2 Å². The molecule has 4 aliphatic heterocycles. The highest BCUT2D eigenvalue weighted by atomic mass is 16.8. The van der Waals surface area contributed by atoms with Crippen molar-refractivity contribution < 1.29 is 132 Å². The smallest absolute Gasteiger partial charge is 0.282 e. The Morgan fingerprint density at radius 1 is 0.569 bits per heavy atom. The molecule has 4 fully saturated rings. The van der Waals surface area contributed by atoms with Gasteiger partial charge >= 0.3 is 0 Å². The molecule has 4 aliphatic rings. The van der Waals surface area contributed by atoms with Crippen molar-refractivity contribution in [3.63, 3.8) is 0 Å². The number of hydrogen-bond acceptors (Lipinski definition) is 27. The maximum absolute atomic E-state index is 12.6. The van der Waals surface area contributed by atoms with Crippen LogP contribution in [0.25, 0.3) is 0 Å². The standard InChI is InChI=1S/C44H79NO27/c1-5-6-57-7-8-58-9-10-59-11-12-60-13-14-61-15-16-62-17-18-63-22-27(23-64-26-24-65-44(2,66-25-26)43(56)45(3)4)67-40-36(54)33(51)38(29(20-47)69-40)72-42-37(55)34(52)39(30(21-48)70-42)71-41-35(53)32(50)31(49)28(19-46)68-41/h5,26-42,46-55H,1,6-25H2,2-4H3/t26?,27?,28?,29?,30?,31-,32?,33?,34?,35?,36?,37?,38+,39-,40+,41+,42-,44?/m0/s1. The molecule has 0 aromatic rings. The number of hydrogen-bond donors (Lipinski definition) is 10. The van der Waals surface area contributed by atoms with E-state index in [0.29, 0.717) is 66.1 Å². The number of rotatable bonds is 35. The zero-order valence-electron chi connectivity index (χ0n) is 41.1. The highest BCUT2D eigenvalue weighted by Gasteiger charge is 2.54. The van der Waals surface area contributed by atoms with Gasteiger partial charge < -0.3 is 132 Å². The molecule has 10 N–H and O–H groups in total. The molecule has 1 amide bonds. The van der Waals surface area contributed by atoms with Crippen LogP contribution in [0.2, 0.25) is 0 Å². The van der Waals surface area contributed by atoms with Gasteiger partial charge in [0.2, 0.25) is 5.79 Å². The third kappa shape index (κ3) is 19.3. The van der Waals surface area contributed by atoms with Crippen molar-refractivity contribution in [2.45, 2.75) is 117 Å². The second-order valence-electron chi connectivity index (χ2n) is 17.3. The van der Waals surface area contributed by atoms with E-state index in [-0.39, 0.29) is 46.2 Å². The molecule has 0 saturated carbocycles. The first kappa shape index (κ1) is 62.7. The molecule has 0 radical (unpaired) electrons. The topological polar surface area (TPSA) is 370 Å². The summed E-state index contributed by atoms with van der Waals surface area (Å²) in [6.45, 7) is 6.83. The molecule has 422 valence electrons. The predicted molar refractivity (Wildman–Crippen MR) is 239 cm³/mol. The summed E-state index contributed by atoms with van der Waals surface area (Å²) in [5.41, 5.74) is 0. The summed E-state index contributed by atoms with van der Waals surface area (Å²) in [5, 5.41) is 106. The Kier molecular flexibility index (Phi) is 29.0. The Balaban J connectivity index is 1.24. The highest BCUT2D eigenvalue weighted by molar-refractivity contribution is 5.83. The maximum atomic E-state index is 12.6. The van der Waals surface area contributed by atoms with Gasteiger partial charge in [0, 0.05) is 14.1 Å². The average molecular weight is 1050 g/mol. The van der Waals surface area contributed by atoms with Crippen molar-refractivity contribution in [3.8, 4) is 0 Å². The van der Waals surface area contributed by atoms with E-state index >= 15 is 0 Å². The van der Waals surface area contributed by atoms with Gasteiger partial charge in [-0.25, -0.2) is 0 Å². The molecule has 4 heterocycles. The van der Waals surface area contributed by atoms with Crippen LogP contribution in [0, 0.1) is 0 Å². The molecule has 4 rings (SSSR count). The SMILES string of the molecule is C=CCOCCOCCOCCOCCOCCOCCOCC(COC1COC(C)(C(=O)N(C)C)OC1)O[C@@H]1OC(CO)[C@@H](O[C@@H]2OC(CO)[C@H](O[C@H]3OC(CO)[C@H](O)C(O)C3O)C(O)C2O)C(O)C1O. The summed E-state index contributed by atoms with van der Waals surface area (Å²) in [5.74, 6) is -1.93. The quantitative estimate of drug-likeness (QED) is 0.0208. The Morgan fingerprint density at radius 3 is 1.42 bits per heavy atom. The van der Waals surface area contributed by atoms with Crippen LogP contribution in [-0.2, 0) is 80.6 Å². The molecular formula is C44H79NO27. The number of aliphatic hydroxyl groups is 10. The Hall–Kier alpha value is -1.83. The fraction of sp³-hybridized carbons (Fsp3) is 0.932. The van der Waals surface area contributed by atoms with E-state index in [1.807, 2.05) is 0 Å². The molecular weight excluding hydrogens is 974 g/mol. The van der Waals surface area contributed by atoms with Crippen LogP contribution in [0.1, 0.15) is 6.92 Å². The lowest BCUT2D eigenvalue weighted by molar-refractivity contribution is -0.381. The first-order valence-electron chi connectivity index (χ1n) is 23.9. The molecule has 28 nitrogen and oxygen atoms in total. The van der Waals surface area contributed by atoms with Crippen molar-refractivity contribution >= 4 is 5.91 Å². The molecule has 0 spiro atoms. The zero-order valence-corrected chi connectivity index (χ0v) is 41.1. The lowest BCUT2D eigenvalue weighted by Gasteiger charge is -2.48. The largest absolute Gasteiger partial charge is 0.394 e. The number of likely N-dealkylation sites (N-methyl/N-ethyl adjacent to an activating group) is 1. The normalized spacial score (nSPS) is 35.8. The zero-order chi connectivity index (χ0) is 52.6. The summed E-state index contributed by atoms with van der Waals surface area (Å²) in [4.78, 5) is 13.9. The van der Waals surface area contributed by atoms with Gasteiger partial charge in [0.25, 0.3) is 5.91 Å². The van der Waals surface area contributed by atoms with E-state index in [1.165, 1.54) is 11.8 Å². The van der Waals surface area contributed by atoms with E-state index in [2.05, 4.69) is 6.58 Å². The molecule has 0 aromatic heterocycles. The summed E-state index contributed by atoms with van der Waals surface area (Å²) in [7, 11) is 3.12. The van der Waals surface area contributed by atoms with Gasteiger partial charge in [-0.05, 0) is 6.92 Å². The van der Waals surface area contributed by atoms with Crippen LogP contribution in [-0.4, -0.2) is 318 Å². The second-order valence-corrected chi connectivity index (χ2v) is 17.3. The molecule has 72 heavy (non-hydrogen) atoms.